The summed E-state index contributed by atoms with van der Waals surface area (Å²) in [5.74, 6) is -0.575. The van der Waals surface area contributed by atoms with Gasteiger partial charge in [-0.15, -0.1) is 0 Å². The fourth-order valence-corrected chi connectivity index (χ4v) is 0.304. The molecule has 0 aliphatic heterocycles. The average Bonchev–Trinajstić information content (AvgIpc) is 1.87. The van der Waals surface area contributed by atoms with Crippen LogP contribution in [-0.4, -0.2) is 12.3 Å². The molecule has 0 bridgehead atoms. The van der Waals surface area contributed by atoms with Crippen molar-refractivity contribution in [2.45, 2.75) is 13.8 Å². The van der Waals surface area contributed by atoms with Crippen molar-refractivity contribution in [3.63, 3.8) is 0 Å². The van der Waals surface area contributed by atoms with Gasteiger partial charge in [0.1, 0.15) is 6.29 Å². The number of rotatable bonds is 3. The van der Waals surface area contributed by atoms with Crippen LogP contribution in [0.5, 0.6) is 0 Å². The van der Waals surface area contributed by atoms with Crippen LogP contribution in [0.3, 0.4) is 0 Å². The van der Waals surface area contributed by atoms with Crippen LogP contribution in [0.1, 0.15) is 13.8 Å². The minimum Gasteiger partial charge on any atom is -0.435 e. The van der Waals surface area contributed by atoms with Crippen LogP contribution in [0.25, 0.3) is 0 Å². The maximum Gasteiger partial charge on any atom is 0.307 e. The summed E-state index contributed by atoms with van der Waals surface area (Å²) in [6.07, 6.45) is 3.50. The van der Waals surface area contributed by atoms with E-state index in [1.807, 2.05) is 0 Å². The molecule has 10 heavy (non-hydrogen) atoms. The summed E-state index contributed by atoms with van der Waals surface area (Å²) >= 11 is 0. The van der Waals surface area contributed by atoms with Gasteiger partial charge >= 0.3 is 5.97 Å². The van der Waals surface area contributed by atoms with Gasteiger partial charge in [0, 0.05) is 12.8 Å². The predicted octanol–water partition coefficient (Wildman–Crippen LogP) is 0.898. The Morgan fingerprint density at radius 2 is 2.20 bits per heavy atom. The number of hydrogen-bond donors (Lipinski definition) is 0. The van der Waals surface area contributed by atoms with Gasteiger partial charge in [0.05, 0.1) is 6.26 Å². The van der Waals surface area contributed by atoms with E-state index in [4.69, 9.17) is 0 Å². The quantitative estimate of drug-likeness (QED) is 0.334. The van der Waals surface area contributed by atoms with Crippen LogP contribution in [0.15, 0.2) is 12.3 Å². The van der Waals surface area contributed by atoms with Crippen molar-refractivity contribution in [2.24, 2.45) is 5.92 Å². The molecule has 0 fully saturated rings. The third kappa shape index (κ3) is 5.03. The fourth-order valence-electron chi connectivity index (χ4n) is 0.304. The van der Waals surface area contributed by atoms with Crippen LogP contribution in [0.2, 0.25) is 0 Å². The van der Waals surface area contributed by atoms with E-state index in [2.05, 4.69) is 4.74 Å². The molecule has 0 radical (unpaired) electrons. The maximum atomic E-state index is 10.2. The smallest absolute Gasteiger partial charge is 0.307 e. The van der Waals surface area contributed by atoms with Gasteiger partial charge in [-0.05, 0) is 6.08 Å². The molecule has 0 unspecified atom stereocenters. The summed E-state index contributed by atoms with van der Waals surface area (Å²) in [6.45, 7) is 3.00. The second-order valence-electron chi connectivity index (χ2n) is 1.93. The van der Waals surface area contributed by atoms with Gasteiger partial charge < -0.3 is 9.53 Å². The predicted molar refractivity (Wildman–Crippen MR) is 36.1 cm³/mol. The first-order valence-electron chi connectivity index (χ1n) is 2.96. The Morgan fingerprint density at radius 1 is 1.60 bits per heavy atom. The van der Waals surface area contributed by atoms with Gasteiger partial charge in [-0.3, -0.25) is 4.79 Å². The van der Waals surface area contributed by atoms with E-state index in [9.17, 15) is 9.59 Å². The number of carbonyl (C=O) groups excluding carboxylic acids is 2. The molecule has 0 N–H and O–H groups in total. The van der Waals surface area contributed by atoms with Crippen molar-refractivity contribution >= 4 is 12.3 Å². The van der Waals surface area contributed by atoms with Crippen LogP contribution in [0, 0.1) is 5.92 Å². The lowest BCUT2D eigenvalue weighted by atomic mass is 10.2. The number of hydrogen-bond acceptors (Lipinski definition) is 3. The van der Waals surface area contributed by atoms with E-state index in [1.165, 1.54) is 19.3 Å². The molecule has 3 heteroatoms. The Balaban J connectivity index is 3.55. The highest BCUT2D eigenvalue weighted by atomic mass is 16.5. The summed E-state index contributed by atoms with van der Waals surface area (Å²) < 4.78 is 4.44. The van der Waals surface area contributed by atoms with Gasteiger partial charge in [0.15, 0.2) is 0 Å². The highest BCUT2D eigenvalue weighted by Gasteiger charge is 1.91. The standard InChI is InChI=1S/C7H10O3/c1-6(5-8)3-4-10-7(2)9/h3-6H,1-2H3/b4-3+/t6-/m0/s1. The zero-order chi connectivity index (χ0) is 7.98. The zero-order valence-electron chi connectivity index (χ0n) is 6.03. The number of esters is 1. The second kappa shape index (κ2) is 4.73. The summed E-state index contributed by atoms with van der Waals surface area (Å²) in [5.41, 5.74) is 0. The molecular formula is C7H10O3. The topological polar surface area (TPSA) is 43.4 Å². The number of allylic oxidation sites excluding steroid dienone is 1. The van der Waals surface area contributed by atoms with E-state index in [0.29, 0.717) is 0 Å². The third-order valence-corrected chi connectivity index (χ3v) is 0.831. The van der Waals surface area contributed by atoms with Crippen LogP contribution >= 0.6 is 0 Å². The van der Waals surface area contributed by atoms with E-state index in [-0.39, 0.29) is 11.9 Å². The maximum absolute atomic E-state index is 10.2. The van der Waals surface area contributed by atoms with Gasteiger partial charge in [-0.1, -0.05) is 6.92 Å². The normalized spacial score (nSPS) is 13.0. The lowest BCUT2D eigenvalue weighted by Gasteiger charge is -1.92. The van der Waals surface area contributed by atoms with Crippen molar-refractivity contribution in [3.05, 3.63) is 12.3 Å². The van der Waals surface area contributed by atoms with Crippen molar-refractivity contribution in [2.75, 3.05) is 0 Å². The molecule has 0 aromatic carbocycles. The summed E-state index contributed by atoms with van der Waals surface area (Å²) in [6, 6.07) is 0. The Morgan fingerprint density at radius 3 is 2.60 bits per heavy atom. The molecule has 0 aromatic rings. The molecular weight excluding hydrogens is 132 g/mol. The second-order valence-corrected chi connectivity index (χ2v) is 1.93. The Bertz CT molecular complexity index is 149. The van der Waals surface area contributed by atoms with Gasteiger partial charge in [0.2, 0.25) is 0 Å². The largest absolute Gasteiger partial charge is 0.435 e. The monoisotopic (exact) mass is 142 g/mol. The molecule has 1 atom stereocenters. The highest BCUT2D eigenvalue weighted by Crippen LogP contribution is 1.91. The fraction of sp³-hybridized carbons (Fsp3) is 0.429. The Labute approximate surface area is 59.7 Å². The molecule has 3 nitrogen and oxygen atoms in total. The van der Waals surface area contributed by atoms with Crippen molar-refractivity contribution < 1.29 is 14.3 Å². The van der Waals surface area contributed by atoms with Crippen LogP contribution < -0.4 is 0 Å². The first-order chi connectivity index (χ1) is 4.66. The van der Waals surface area contributed by atoms with E-state index in [1.54, 1.807) is 6.92 Å². The first-order valence-corrected chi connectivity index (χ1v) is 2.96. The SMILES string of the molecule is CC(=O)O/C=C/[C@H](C)C=O. The first kappa shape index (κ1) is 8.88. The zero-order valence-corrected chi connectivity index (χ0v) is 6.03. The van der Waals surface area contributed by atoms with E-state index in [0.717, 1.165) is 6.29 Å². The van der Waals surface area contributed by atoms with Crippen molar-refractivity contribution in [1.82, 2.24) is 0 Å². The van der Waals surface area contributed by atoms with E-state index < -0.39 is 0 Å². The summed E-state index contributed by atoms with van der Waals surface area (Å²) in [4.78, 5) is 20.1. The molecule has 0 spiro atoms. The molecule has 0 heterocycles. The Kier molecular flexibility index (Phi) is 4.20. The highest BCUT2D eigenvalue weighted by molar-refractivity contribution is 5.66. The minimum absolute atomic E-state index is 0.195. The van der Waals surface area contributed by atoms with Gasteiger partial charge in [-0.2, -0.15) is 0 Å². The Hall–Kier alpha value is -1.12. The molecule has 0 aliphatic rings. The minimum atomic E-state index is -0.380. The molecule has 56 valence electrons. The lowest BCUT2D eigenvalue weighted by molar-refractivity contribution is -0.135. The molecule has 0 aliphatic carbocycles. The molecule has 0 saturated carbocycles. The van der Waals surface area contributed by atoms with Crippen molar-refractivity contribution in [3.8, 4) is 0 Å². The summed E-state index contributed by atoms with van der Waals surface area (Å²) in [5, 5.41) is 0. The third-order valence-electron chi connectivity index (χ3n) is 0.831. The molecule has 0 amide bonds. The number of ether oxygens (including phenoxy) is 1. The van der Waals surface area contributed by atoms with Crippen LogP contribution in [-0.2, 0) is 14.3 Å². The van der Waals surface area contributed by atoms with Gasteiger partial charge in [-0.25, -0.2) is 0 Å². The molecule has 0 aromatic heterocycles. The molecule has 0 rings (SSSR count). The van der Waals surface area contributed by atoms with Gasteiger partial charge in [0.25, 0.3) is 0 Å². The lowest BCUT2D eigenvalue weighted by Crippen LogP contribution is -1.93. The average molecular weight is 142 g/mol. The van der Waals surface area contributed by atoms with Crippen LogP contribution in [0.4, 0.5) is 0 Å². The molecule has 0 saturated heterocycles. The number of carbonyl (C=O) groups is 2. The summed E-state index contributed by atoms with van der Waals surface area (Å²) in [7, 11) is 0. The number of aldehydes is 1. The van der Waals surface area contributed by atoms with E-state index >= 15 is 0 Å². The van der Waals surface area contributed by atoms with Crippen molar-refractivity contribution in [1.29, 1.82) is 0 Å².